The predicted molar refractivity (Wildman–Crippen MR) is 83.6 cm³/mol. The first-order valence-electron chi connectivity index (χ1n) is 7.28. The second-order valence-corrected chi connectivity index (χ2v) is 6.55. The molecule has 1 saturated carbocycles. The highest BCUT2D eigenvalue weighted by atomic mass is 79.9. The Labute approximate surface area is 125 Å². The van der Waals surface area contributed by atoms with E-state index in [4.69, 9.17) is 4.74 Å². The SMILES string of the molecule is CC1CCCC(NCCOc2ccc(Br)cc2)C1C. The molecule has 1 aromatic carbocycles. The molecule has 1 aromatic rings. The van der Waals surface area contributed by atoms with Crippen LogP contribution in [0.3, 0.4) is 0 Å². The van der Waals surface area contributed by atoms with Gasteiger partial charge in [0.05, 0.1) is 0 Å². The molecule has 0 radical (unpaired) electrons. The molecule has 3 unspecified atom stereocenters. The summed E-state index contributed by atoms with van der Waals surface area (Å²) in [5.41, 5.74) is 0. The largest absolute Gasteiger partial charge is 0.492 e. The molecule has 2 nitrogen and oxygen atoms in total. The van der Waals surface area contributed by atoms with Crippen LogP contribution < -0.4 is 10.1 Å². The number of nitrogens with one attached hydrogen (secondary N) is 1. The molecule has 3 heteroatoms. The molecular formula is C16H24BrNO. The van der Waals surface area contributed by atoms with Crippen LogP contribution in [-0.4, -0.2) is 19.2 Å². The molecule has 0 spiro atoms. The molecule has 106 valence electrons. The second-order valence-electron chi connectivity index (χ2n) is 5.63. The topological polar surface area (TPSA) is 21.3 Å². The molecule has 1 fully saturated rings. The van der Waals surface area contributed by atoms with E-state index in [9.17, 15) is 0 Å². The maximum atomic E-state index is 5.73. The van der Waals surface area contributed by atoms with Gasteiger partial charge in [0.15, 0.2) is 0 Å². The third-order valence-corrected chi connectivity index (χ3v) is 4.83. The van der Waals surface area contributed by atoms with Gasteiger partial charge in [0.1, 0.15) is 12.4 Å². The minimum atomic E-state index is 0.664. The number of halogens is 1. The molecule has 1 aliphatic rings. The van der Waals surface area contributed by atoms with Gasteiger partial charge in [-0.05, 0) is 42.5 Å². The highest BCUT2D eigenvalue weighted by Gasteiger charge is 2.26. The normalized spacial score (nSPS) is 27.2. The standard InChI is InChI=1S/C16H24BrNO/c1-12-4-3-5-16(13(12)2)18-10-11-19-15-8-6-14(17)7-9-15/h6-9,12-13,16,18H,3-5,10-11H2,1-2H3. The highest BCUT2D eigenvalue weighted by molar-refractivity contribution is 9.10. The molecular weight excluding hydrogens is 302 g/mol. The van der Waals surface area contributed by atoms with Crippen molar-refractivity contribution >= 4 is 15.9 Å². The van der Waals surface area contributed by atoms with Gasteiger partial charge in [-0.2, -0.15) is 0 Å². The summed E-state index contributed by atoms with van der Waals surface area (Å²) in [7, 11) is 0. The van der Waals surface area contributed by atoms with Crippen molar-refractivity contribution < 1.29 is 4.74 Å². The number of rotatable bonds is 5. The fraction of sp³-hybridized carbons (Fsp3) is 0.625. The van der Waals surface area contributed by atoms with Gasteiger partial charge in [-0.25, -0.2) is 0 Å². The molecule has 0 heterocycles. The Hall–Kier alpha value is -0.540. The van der Waals surface area contributed by atoms with Crippen molar-refractivity contribution in [2.75, 3.05) is 13.2 Å². The summed E-state index contributed by atoms with van der Waals surface area (Å²) < 4.78 is 6.82. The van der Waals surface area contributed by atoms with E-state index >= 15 is 0 Å². The monoisotopic (exact) mass is 325 g/mol. The van der Waals surface area contributed by atoms with Crippen LogP contribution in [0.5, 0.6) is 5.75 Å². The Morgan fingerprint density at radius 2 is 1.95 bits per heavy atom. The average molecular weight is 326 g/mol. The van der Waals surface area contributed by atoms with Crippen molar-refractivity contribution in [3.05, 3.63) is 28.7 Å². The van der Waals surface area contributed by atoms with Crippen molar-refractivity contribution in [1.29, 1.82) is 0 Å². The van der Waals surface area contributed by atoms with Crippen molar-refractivity contribution in [1.82, 2.24) is 5.32 Å². The number of benzene rings is 1. The molecule has 0 amide bonds. The van der Waals surface area contributed by atoms with Crippen LogP contribution in [0.15, 0.2) is 28.7 Å². The Kier molecular flexibility index (Phi) is 5.71. The molecule has 0 saturated heterocycles. The van der Waals surface area contributed by atoms with Gasteiger partial charge in [-0.1, -0.05) is 42.6 Å². The van der Waals surface area contributed by atoms with Crippen molar-refractivity contribution in [2.45, 2.75) is 39.2 Å². The number of hydrogen-bond acceptors (Lipinski definition) is 2. The van der Waals surface area contributed by atoms with E-state index < -0.39 is 0 Å². The van der Waals surface area contributed by atoms with Crippen molar-refractivity contribution in [2.24, 2.45) is 11.8 Å². The van der Waals surface area contributed by atoms with Gasteiger partial charge < -0.3 is 10.1 Å². The average Bonchev–Trinajstić information content (AvgIpc) is 2.41. The van der Waals surface area contributed by atoms with E-state index in [0.717, 1.165) is 35.2 Å². The van der Waals surface area contributed by atoms with E-state index in [1.54, 1.807) is 0 Å². The molecule has 0 aliphatic heterocycles. The minimum absolute atomic E-state index is 0.664. The van der Waals surface area contributed by atoms with Crippen LogP contribution in [0.1, 0.15) is 33.1 Å². The smallest absolute Gasteiger partial charge is 0.119 e. The summed E-state index contributed by atoms with van der Waals surface area (Å²) in [5.74, 6) is 2.56. The lowest BCUT2D eigenvalue weighted by Crippen LogP contribution is -2.42. The van der Waals surface area contributed by atoms with Gasteiger partial charge in [0, 0.05) is 17.1 Å². The summed E-state index contributed by atoms with van der Waals surface area (Å²) in [5, 5.41) is 3.65. The Morgan fingerprint density at radius 3 is 2.68 bits per heavy atom. The Morgan fingerprint density at radius 1 is 1.21 bits per heavy atom. The summed E-state index contributed by atoms with van der Waals surface area (Å²) in [6.45, 7) is 6.41. The van der Waals surface area contributed by atoms with Gasteiger partial charge in [0.25, 0.3) is 0 Å². The predicted octanol–water partition coefficient (Wildman–Crippen LogP) is 4.24. The van der Waals surface area contributed by atoms with Gasteiger partial charge in [-0.15, -0.1) is 0 Å². The van der Waals surface area contributed by atoms with Crippen LogP contribution >= 0.6 is 15.9 Å². The Balaban J connectivity index is 1.67. The molecule has 0 aromatic heterocycles. The lowest BCUT2D eigenvalue weighted by atomic mass is 9.78. The lowest BCUT2D eigenvalue weighted by molar-refractivity contribution is 0.197. The lowest BCUT2D eigenvalue weighted by Gasteiger charge is -2.34. The van der Waals surface area contributed by atoms with Crippen LogP contribution in [0.2, 0.25) is 0 Å². The summed E-state index contributed by atoms with van der Waals surface area (Å²) in [6, 6.07) is 8.67. The molecule has 1 aliphatic carbocycles. The Bertz CT molecular complexity index is 379. The third kappa shape index (κ3) is 4.50. The number of hydrogen-bond donors (Lipinski definition) is 1. The van der Waals surface area contributed by atoms with Crippen LogP contribution in [0.4, 0.5) is 0 Å². The van der Waals surface area contributed by atoms with Gasteiger partial charge in [0.2, 0.25) is 0 Å². The first-order valence-corrected chi connectivity index (χ1v) is 8.08. The molecule has 0 bridgehead atoms. The first kappa shape index (κ1) is 14.9. The zero-order valence-electron chi connectivity index (χ0n) is 11.9. The minimum Gasteiger partial charge on any atom is -0.492 e. The summed E-state index contributed by atoms with van der Waals surface area (Å²) in [4.78, 5) is 0. The van der Waals surface area contributed by atoms with E-state index in [2.05, 4.69) is 35.1 Å². The third-order valence-electron chi connectivity index (χ3n) is 4.30. The van der Waals surface area contributed by atoms with Crippen LogP contribution in [-0.2, 0) is 0 Å². The van der Waals surface area contributed by atoms with E-state index in [-0.39, 0.29) is 0 Å². The van der Waals surface area contributed by atoms with Gasteiger partial charge >= 0.3 is 0 Å². The molecule has 1 N–H and O–H groups in total. The van der Waals surface area contributed by atoms with E-state index in [1.807, 2.05) is 24.3 Å². The van der Waals surface area contributed by atoms with Crippen LogP contribution in [0, 0.1) is 11.8 Å². The van der Waals surface area contributed by atoms with E-state index in [0.29, 0.717) is 6.04 Å². The summed E-state index contributed by atoms with van der Waals surface area (Å²) in [6.07, 6.45) is 4.05. The quantitative estimate of drug-likeness (QED) is 0.817. The molecule has 2 rings (SSSR count). The second kappa shape index (κ2) is 7.30. The zero-order valence-corrected chi connectivity index (χ0v) is 13.4. The van der Waals surface area contributed by atoms with Crippen molar-refractivity contribution in [3.63, 3.8) is 0 Å². The van der Waals surface area contributed by atoms with E-state index in [1.165, 1.54) is 19.3 Å². The molecule has 3 atom stereocenters. The maximum Gasteiger partial charge on any atom is 0.119 e. The molecule has 19 heavy (non-hydrogen) atoms. The number of ether oxygens (including phenoxy) is 1. The zero-order chi connectivity index (χ0) is 13.7. The van der Waals surface area contributed by atoms with Gasteiger partial charge in [-0.3, -0.25) is 0 Å². The highest BCUT2D eigenvalue weighted by Crippen LogP contribution is 2.29. The van der Waals surface area contributed by atoms with Crippen molar-refractivity contribution in [3.8, 4) is 5.75 Å². The first-order chi connectivity index (χ1) is 9.16. The fourth-order valence-electron chi connectivity index (χ4n) is 2.81. The maximum absolute atomic E-state index is 5.73. The summed E-state index contributed by atoms with van der Waals surface area (Å²) >= 11 is 3.42. The fourth-order valence-corrected chi connectivity index (χ4v) is 3.08. The van der Waals surface area contributed by atoms with Crippen LogP contribution in [0.25, 0.3) is 0 Å².